The Hall–Kier alpha value is -1.98. The minimum absolute atomic E-state index is 0.0618. The highest BCUT2D eigenvalue weighted by molar-refractivity contribution is 5.51. The fourth-order valence-electron chi connectivity index (χ4n) is 0.991. The SMILES string of the molecule is COc1ncc(-c2nnco2)cc1F. The van der Waals surface area contributed by atoms with Crippen molar-refractivity contribution in [1.82, 2.24) is 15.2 Å². The number of rotatable bonds is 2. The summed E-state index contributed by atoms with van der Waals surface area (Å²) in [6, 6.07) is 1.22. The lowest BCUT2D eigenvalue weighted by Gasteiger charge is -2.00. The number of aromatic nitrogens is 3. The quantitative estimate of drug-likeness (QED) is 0.722. The topological polar surface area (TPSA) is 61.0 Å². The number of ether oxygens (including phenoxy) is 1. The Labute approximate surface area is 78.6 Å². The Morgan fingerprint density at radius 2 is 2.36 bits per heavy atom. The highest BCUT2D eigenvalue weighted by Gasteiger charge is 2.09. The zero-order valence-corrected chi connectivity index (χ0v) is 7.27. The average molecular weight is 195 g/mol. The molecule has 0 atom stereocenters. The van der Waals surface area contributed by atoms with Gasteiger partial charge in [-0.3, -0.25) is 0 Å². The molecule has 2 heterocycles. The predicted molar refractivity (Wildman–Crippen MR) is 44.0 cm³/mol. The van der Waals surface area contributed by atoms with Crippen molar-refractivity contribution >= 4 is 0 Å². The Bertz CT molecular complexity index is 430. The van der Waals surface area contributed by atoms with Crippen LogP contribution in [-0.2, 0) is 0 Å². The van der Waals surface area contributed by atoms with Crippen LogP contribution in [0.4, 0.5) is 4.39 Å². The molecule has 0 aliphatic heterocycles. The zero-order chi connectivity index (χ0) is 9.97. The van der Waals surface area contributed by atoms with Crippen LogP contribution in [-0.4, -0.2) is 22.3 Å². The summed E-state index contributed by atoms with van der Waals surface area (Å²) < 4.78 is 22.7. The summed E-state index contributed by atoms with van der Waals surface area (Å²) in [4.78, 5) is 3.73. The van der Waals surface area contributed by atoms with Crippen LogP contribution in [0.5, 0.6) is 5.88 Å². The van der Waals surface area contributed by atoms with E-state index >= 15 is 0 Å². The summed E-state index contributed by atoms with van der Waals surface area (Å²) in [6.45, 7) is 0. The molecule has 2 aromatic heterocycles. The first-order valence-electron chi connectivity index (χ1n) is 3.77. The summed E-state index contributed by atoms with van der Waals surface area (Å²) in [7, 11) is 1.35. The monoisotopic (exact) mass is 195 g/mol. The van der Waals surface area contributed by atoms with Crippen molar-refractivity contribution in [2.45, 2.75) is 0 Å². The molecule has 0 unspecified atom stereocenters. The molecule has 2 rings (SSSR count). The van der Waals surface area contributed by atoms with E-state index in [0.717, 1.165) is 6.39 Å². The summed E-state index contributed by atoms with van der Waals surface area (Å²) >= 11 is 0. The van der Waals surface area contributed by atoms with Gasteiger partial charge in [-0.05, 0) is 6.07 Å². The van der Waals surface area contributed by atoms with E-state index < -0.39 is 5.82 Å². The molecular weight excluding hydrogens is 189 g/mol. The molecule has 2 aromatic rings. The molecule has 0 radical (unpaired) electrons. The van der Waals surface area contributed by atoms with E-state index in [4.69, 9.17) is 4.42 Å². The smallest absolute Gasteiger partial charge is 0.250 e. The molecule has 72 valence electrons. The molecule has 0 saturated heterocycles. The number of methoxy groups -OCH3 is 1. The van der Waals surface area contributed by atoms with Gasteiger partial charge in [0.15, 0.2) is 5.82 Å². The minimum atomic E-state index is -0.566. The Morgan fingerprint density at radius 3 is 2.93 bits per heavy atom. The Morgan fingerprint density at radius 1 is 1.50 bits per heavy atom. The summed E-state index contributed by atoms with van der Waals surface area (Å²) in [5.41, 5.74) is 0.417. The van der Waals surface area contributed by atoms with Gasteiger partial charge in [0.1, 0.15) is 0 Å². The van der Waals surface area contributed by atoms with Crippen LogP contribution in [0.3, 0.4) is 0 Å². The summed E-state index contributed by atoms with van der Waals surface area (Å²) in [6.07, 6.45) is 2.56. The second-order valence-electron chi connectivity index (χ2n) is 2.46. The highest BCUT2D eigenvalue weighted by Crippen LogP contribution is 2.20. The molecule has 0 spiro atoms. The largest absolute Gasteiger partial charge is 0.479 e. The third-order valence-electron chi connectivity index (χ3n) is 1.61. The zero-order valence-electron chi connectivity index (χ0n) is 7.27. The molecule has 0 aliphatic rings. The lowest BCUT2D eigenvalue weighted by Crippen LogP contribution is -1.92. The third-order valence-corrected chi connectivity index (χ3v) is 1.61. The lowest BCUT2D eigenvalue weighted by molar-refractivity contribution is 0.369. The van der Waals surface area contributed by atoms with Gasteiger partial charge >= 0.3 is 0 Å². The number of pyridine rings is 1. The highest BCUT2D eigenvalue weighted by atomic mass is 19.1. The maximum absolute atomic E-state index is 13.2. The van der Waals surface area contributed by atoms with Crippen LogP contribution in [0.25, 0.3) is 11.5 Å². The summed E-state index contributed by atoms with van der Waals surface area (Å²) in [5, 5.41) is 7.09. The van der Waals surface area contributed by atoms with Crippen molar-refractivity contribution in [1.29, 1.82) is 0 Å². The standard InChI is InChI=1S/C8H6FN3O2/c1-13-8-6(9)2-5(3-10-8)7-12-11-4-14-7/h2-4H,1H3. The molecule has 0 N–H and O–H groups in total. The normalized spacial score (nSPS) is 10.1. The van der Waals surface area contributed by atoms with Gasteiger partial charge in [0.2, 0.25) is 18.2 Å². The van der Waals surface area contributed by atoms with Crippen LogP contribution >= 0.6 is 0 Å². The summed E-state index contributed by atoms with van der Waals surface area (Å²) in [5.74, 6) is -0.407. The second-order valence-corrected chi connectivity index (χ2v) is 2.46. The molecule has 0 aromatic carbocycles. The first kappa shape index (κ1) is 8.61. The second kappa shape index (κ2) is 3.41. The molecular formula is C8H6FN3O2. The van der Waals surface area contributed by atoms with Gasteiger partial charge in [0.25, 0.3) is 0 Å². The van der Waals surface area contributed by atoms with E-state index in [0.29, 0.717) is 5.56 Å². The van der Waals surface area contributed by atoms with Gasteiger partial charge < -0.3 is 9.15 Å². The van der Waals surface area contributed by atoms with Crippen LogP contribution in [0.1, 0.15) is 0 Å². The van der Waals surface area contributed by atoms with E-state index in [1.165, 1.54) is 19.4 Å². The van der Waals surface area contributed by atoms with Gasteiger partial charge in [-0.15, -0.1) is 10.2 Å². The maximum atomic E-state index is 13.2. The predicted octanol–water partition coefficient (Wildman–Crippen LogP) is 1.28. The van der Waals surface area contributed by atoms with Gasteiger partial charge in [-0.25, -0.2) is 9.37 Å². The van der Waals surface area contributed by atoms with Crippen LogP contribution in [0.2, 0.25) is 0 Å². The van der Waals surface area contributed by atoms with E-state index in [1.54, 1.807) is 0 Å². The van der Waals surface area contributed by atoms with Crippen molar-refractivity contribution < 1.29 is 13.5 Å². The molecule has 14 heavy (non-hydrogen) atoms. The molecule has 0 bridgehead atoms. The number of halogens is 1. The molecule has 6 heteroatoms. The number of nitrogens with zero attached hydrogens (tertiary/aromatic N) is 3. The van der Waals surface area contributed by atoms with E-state index in [9.17, 15) is 4.39 Å². The third kappa shape index (κ3) is 1.41. The molecule has 0 saturated carbocycles. The molecule has 0 aliphatic carbocycles. The Kier molecular flexibility index (Phi) is 2.10. The van der Waals surface area contributed by atoms with Crippen LogP contribution in [0.15, 0.2) is 23.1 Å². The molecule has 0 fully saturated rings. The van der Waals surface area contributed by atoms with E-state index in [2.05, 4.69) is 19.9 Å². The molecule has 0 amide bonds. The van der Waals surface area contributed by atoms with Crippen LogP contribution in [0, 0.1) is 5.82 Å². The van der Waals surface area contributed by atoms with Crippen molar-refractivity contribution in [2.24, 2.45) is 0 Å². The van der Waals surface area contributed by atoms with Gasteiger partial charge in [-0.1, -0.05) is 0 Å². The first-order chi connectivity index (χ1) is 6.81. The minimum Gasteiger partial charge on any atom is -0.479 e. The van der Waals surface area contributed by atoms with E-state index in [-0.39, 0.29) is 11.8 Å². The van der Waals surface area contributed by atoms with Crippen LogP contribution < -0.4 is 4.74 Å². The molecule has 5 nitrogen and oxygen atoms in total. The first-order valence-corrected chi connectivity index (χ1v) is 3.77. The Balaban J connectivity index is 2.43. The van der Waals surface area contributed by atoms with Gasteiger partial charge in [0, 0.05) is 6.20 Å². The maximum Gasteiger partial charge on any atom is 0.250 e. The lowest BCUT2D eigenvalue weighted by atomic mass is 10.3. The fraction of sp³-hybridized carbons (Fsp3) is 0.125. The average Bonchev–Trinajstić information content (AvgIpc) is 2.70. The van der Waals surface area contributed by atoms with Gasteiger partial charge in [0.05, 0.1) is 12.7 Å². The number of hydrogen-bond acceptors (Lipinski definition) is 5. The van der Waals surface area contributed by atoms with Crippen molar-refractivity contribution in [3.8, 4) is 17.3 Å². The number of hydrogen-bond donors (Lipinski definition) is 0. The van der Waals surface area contributed by atoms with Crippen molar-refractivity contribution in [3.05, 3.63) is 24.5 Å². The van der Waals surface area contributed by atoms with Gasteiger partial charge in [-0.2, -0.15) is 0 Å². The van der Waals surface area contributed by atoms with Crippen molar-refractivity contribution in [3.63, 3.8) is 0 Å². The van der Waals surface area contributed by atoms with E-state index in [1.807, 2.05) is 0 Å². The van der Waals surface area contributed by atoms with Crippen molar-refractivity contribution in [2.75, 3.05) is 7.11 Å². The fourth-order valence-corrected chi connectivity index (χ4v) is 0.991.